The first-order valence-electron chi connectivity index (χ1n) is 11.3. The Morgan fingerprint density at radius 2 is 2.03 bits per heavy atom. The van der Waals surface area contributed by atoms with Gasteiger partial charge in [-0.25, -0.2) is 19.3 Å². The van der Waals surface area contributed by atoms with E-state index in [1.54, 1.807) is 23.2 Å². The summed E-state index contributed by atoms with van der Waals surface area (Å²) in [6.45, 7) is 5.13. The number of morpholine rings is 1. The van der Waals surface area contributed by atoms with Crippen molar-refractivity contribution in [2.24, 2.45) is 0 Å². The van der Waals surface area contributed by atoms with Gasteiger partial charge in [0.25, 0.3) is 5.91 Å². The molecule has 5 rings (SSSR count). The minimum Gasteiger partial charge on any atom is -0.443 e. The number of oxazole rings is 1. The van der Waals surface area contributed by atoms with E-state index >= 15 is 0 Å². The van der Waals surface area contributed by atoms with Crippen LogP contribution < -0.4 is 4.90 Å². The first kappa shape index (κ1) is 21.5. The zero-order chi connectivity index (χ0) is 22.8. The third-order valence-electron chi connectivity index (χ3n) is 5.99. The maximum atomic E-state index is 13.5. The smallest absolute Gasteiger partial charge is 0.273 e. The van der Waals surface area contributed by atoms with Crippen molar-refractivity contribution in [1.29, 1.82) is 0 Å². The Morgan fingerprint density at radius 3 is 2.85 bits per heavy atom. The fourth-order valence-corrected chi connectivity index (χ4v) is 4.39. The van der Waals surface area contributed by atoms with Crippen LogP contribution in [0.1, 0.15) is 52.3 Å². The molecule has 2 saturated heterocycles. The van der Waals surface area contributed by atoms with Gasteiger partial charge in [-0.15, -0.1) is 0 Å². The Kier molecular flexibility index (Phi) is 6.04. The molecule has 2 aliphatic rings. The summed E-state index contributed by atoms with van der Waals surface area (Å²) in [6, 6.07) is 7.90. The number of carbonyl (C=O) groups excluding carboxylic acids is 1. The number of amides is 1. The number of rotatable bonds is 5. The largest absolute Gasteiger partial charge is 0.443 e. The molecule has 1 aromatic carbocycles. The van der Waals surface area contributed by atoms with Gasteiger partial charge >= 0.3 is 0 Å². The quantitative estimate of drug-likeness (QED) is 0.588. The maximum Gasteiger partial charge on any atom is 0.273 e. The van der Waals surface area contributed by atoms with Crippen molar-refractivity contribution in [3.63, 3.8) is 0 Å². The molecule has 0 bridgehead atoms. The average Bonchev–Trinajstić information content (AvgIpc) is 3.48. The molecular formula is C24H26FN5O3. The van der Waals surface area contributed by atoms with Crippen molar-refractivity contribution in [3.05, 3.63) is 70.9 Å². The van der Waals surface area contributed by atoms with Gasteiger partial charge < -0.3 is 19.0 Å². The predicted octanol–water partition coefficient (Wildman–Crippen LogP) is 3.32. The van der Waals surface area contributed by atoms with Crippen molar-refractivity contribution < 1.29 is 18.3 Å². The van der Waals surface area contributed by atoms with E-state index in [1.807, 2.05) is 17.9 Å². The molecule has 1 atom stereocenters. The second kappa shape index (κ2) is 9.27. The highest BCUT2D eigenvalue weighted by molar-refractivity contribution is 5.93. The van der Waals surface area contributed by atoms with Crippen molar-refractivity contribution in [2.75, 3.05) is 37.7 Å². The Morgan fingerprint density at radius 1 is 1.18 bits per heavy atom. The Hall–Kier alpha value is -3.33. The molecule has 8 nitrogen and oxygen atoms in total. The fourth-order valence-electron chi connectivity index (χ4n) is 4.39. The molecule has 1 amide bonds. The van der Waals surface area contributed by atoms with Gasteiger partial charge in [0.1, 0.15) is 23.3 Å². The van der Waals surface area contributed by atoms with Crippen LogP contribution in [0.25, 0.3) is 0 Å². The summed E-state index contributed by atoms with van der Waals surface area (Å²) >= 11 is 0. The first-order valence-corrected chi connectivity index (χ1v) is 11.3. The monoisotopic (exact) mass is 451 g/mol. The Bertz CT molecular complexity index is 1140. The van der Waals surface area contributed by atoms with Crippen molar-refractivity contribution >= 4 is 11.9 Å². The standard InChI is InChI=1S/C24H26FN5O3/c1-16-12-20(28-24(27-16)29-8-10-32-11-9-29)23(31)30-7-3-6-21(30)22-26-15-19(33-22)14-17-4-2-5-18(25)13-17/h2,4-5,12-13,15,21H,3,6-11,14H2,1H3. The minimum absolute atomic E-state index is 0.151. The number of aromatic nitrogens is 3. The van der Waals surface area contributed by atoms with Gasteiger partial charge in [-0.05, 0) is 43.5 Å². The average molecular weight is 452 g/mol. The molecule has 1 unspecified atom stereocenters. The number of benzene rings is 1. The van der Waals surface area contributed by atoms with Crippen LogP contribution in [0.5, 0.6) is 0 Å². The highest BCUT2D eigenvalue weighted by Gasteiger charge is 2.35. The summed E-state index contributed by atoms with van der Waals surface area (Å²) in [5.41, 5.74) is 1.94. The molecule has 172 valence electrons. The number of halogens is 1. The molecule has 33 heavy (non-hydrogen) atoms. The van der Waals surface area contributed by atoms with Gasteiger partial charge in [0, 0.05) is 31.7 Å². The topological polar surface area (TPSA) is 84.6 Å². The molecule has 0 N–H and O–H groups in total. The number of anilines is 1. The van der Waals surface area contributed by atoms with Crippen LogP contribution in [0.3, 0.4) is 0 Å². The molecule has 3 aromatic rings. The molecule has 4 heterocycles. The summed E-state index contributed by atoms with van der Waals surface area (Å²) in [4.78, 5) is 30.8. The fraction of sp³-hybridized carbons (Fsp3) is 0.417. The molecule has 2 aromatic heterocycles. The Labute approximate surface area is 191 Å². The van der Waals surface area contributed by atoms with E-state index in [9.17, 15) is 9.18 Å². The number of ether oxygens (including phenoxy) is 1. The van der Waals surface area contributed by atoms with Gasteiger partial charge in [0.2, 0.25) is 11.8 Å². The lowest BCUT2D eigenvalue weighted by molar-refractivity contribution is 0.0708. The molecule has 0 spiro atoms. The van der Waals surface area contributed by atoms with Crippen molar-refractivity contribution in [2.45, 2.75) is 32.2 Å². The summed E-state index contributed by atoms with van der Waals surface area (Å²) < 4.78 is 24.9. The van der Waals surface area contributed by atoms with Crippen LogP contribution in [-0.4, -0.2) is 58.6 Å². The maximum absolute atomic E-state index is 13.5. The van der Waals surface area contributed by atoms with Crippen LogP contribution in [0.15, 0.2) is 40.9 Å². The lowest BCUT2D eigenvalue weighted by atomic mass is 10.1. The zero-order valence-electron chi connectivity index (χ0n) is 18.5. The van der Waals surface area contributed by atoms with Crippen LogP contribution in [-0.2, 0) is 11.2 Å². The van der Waals surface area contributed by atoms with Crippen LogP contribution in [0, 0.1) is 12.7 Å². The third-order valence-corrected chi connectivity index (χ3v) is 5.99. The lowest BCUT2D eigenvalue weighted by Gasteiger charge is -2.27. The van der Waals surface area contributed by atoms with E-state index in [0.717, 1.165) is 24.1 Å². The molecule has 2 aliphatic heterocycles. The number of hydrogen-bond donors (Lipinski definition) is 0. The number of nitrogens with zero attached hydrogens (tertiary/aromatic N) is 5. The van der Waals surface area contributed by atoms with Gasteiger partial charge in [0.05, 0.1) is 19.4 Å². The summed E-state index contributed by atoms with van der Waals surface area (Å²) in [7, 11) is 0. The van der Waals surface area contributed by atoms with Crippen molar-refractivity contribution in [1.82, 2.24) is 19.9 Å². The summed E-state index contributed by atoms with van der Waals surface area (Å²) in [5, 5.41) is 0. The molecule has 0 aliphatic carbocycles. The Balaban J connectivity index is 1.34. The van der Waals surface area contributed by atoms with Gasteiger partial charge in [-0.3, -0.25) is 4.79 Å². The minimum atomic E-state index is -0.281. The van der Waals surface area contributed by atoms with Crippen LogP contribution in [0.4, 0.5) is 10.3 Å². The van der Waals surface area contributed by atoms with E-state index in [0.29, 0.717) is 62.6 Å². The molecule has 0 radical (unpaired) electrons. The SMILES string of the molecule is Cc1cc(C(=O)N2CCCC2c2ncc(Cc3cccc(F)c3)o2)nc(N2CCOCC2)n1. The number of carbonyl (C=O) groups is 1. The van der Waals surface area contributed by atoms with E-state index in [1.165, 1.54) is 12.1 Å². The summed E-state index contributed by atoms with van der Waals surface area (Å²) in [6.07, 6.45) is 3.73. The zero-order valence-corrected chi connectivity index (χ0v) is 18.5. The number of hydrogen-bond acceptors (Lipinski definition) is 7. The normalized spacial score (nSPS) is 18.7. The second-order valence-corrected chi connectivity index (χ2v) is 8.42. The first-order chi connectivity index (χ1) is 16.1. The lowest BCUT2D eigenvalue weighted by Crippen LogP contribution is -2.38. The van der Waals surface area contributed by atoms with Gasteiger partial charge in [-0.2, -0.15) is 0 Å². The van der Waals surface area contributed by atoms with E-state index in [2.05, 4.69) is 15.0 Å². The predicted molar refractivity (Wildman–Crippen MR) is 119 cm³/mol. The van der Waals surface area contributed by atoms with E-state index in [-0.39, 0.29) is 17.8 Å². The highest BCUT2D eigenvalue weighted by atomic mass is 19.1. The van der Waals surface area contributed by atoms with Crippen LogP contribution in [0.2, 0.25) is 0 Å². The summed E-state index contributed by atoms with van der Waals surface area (Å²) in [5.74, 6) is 1.28. The molecule has 0 saturated carbocycles. The van der Waals surface area contributed by atoms with E-state index in [4.69, 9.17) is 9.15 Å². The second-order valence-electron chi connectivity index (χ2n) is 8.42. The third kappa shape index (κ3) is 4.73. The van der Waals surface area contributed by atoms with Crippen molar-refractivity contribution in [3.8, 4) is 0 Å². The molecular weight excluding hydrogens is 425 g/mol. The highest BCUT2D eigenvalue weighted by Crippen LogP contribution is 2.33. The molecule has 9 heteroatoms. The number of likely N-dealkylation sites (tertiary alicyclic amines) is 1. The van der Waals surface area contributed by atoms with E-state index < -0.39 is 0 Å². The van der Waals surface area contributed by atoms with Crippen LogP contribution >= 0.6 is 0 Å². The number of aryl methyl sites for hydroxylation is 1. The van der Waals surface area contributed by atoms with Gasteiger partial charge in [-0.1, -0.05) is 12.1 Å². The van der Waals surface area contributed by atoms with Gasteiger partial charge in [0.15, 0.2) is 0 Å². The molecule has 2 fully saturated rings.